The number of hydrogen-bond acceptors (Lipinski definition) is 1. The van der Waals surface area contributed by atoms with Crippen LogP contribution < -0.4 is 0 Å². The monoisotopic (exact) mass is 221 g/mol. The molecule has 0 aliphatic carbocycles. The van der Waals surface area contributed by atoms with Crippen molar-refractivity contribution in [3.8, 4) is 0 Å². The van der Waals surface area contributed by atoms with Crippen LogP contribution in [0.1, 0.15) is 40.0 Å². The van der Waals surface area contributed by atoms with Crippen LogP contribution >= 0.6 is 0 Å². The zero-order valence-corrected chi connectivity index (χ0v) is 11.2. The van der Waals surface area contributed by atoms with Gasteiger partial charge in [0.05, 0.1) is 0 Å². The summed E-state index contributed by atoms with van der Waals surface area (Å²) in [4.78, 5) is 0. The number of hydrogen-bond donors (Lipinski definition) is 0. The van der Waals surface area contributed by atoms with Gasteiger partial charge in [0.2, 0.25) is 0 Å². The maximum atomic E-state index is 5.80. The Balaban J connectivity index is 4.06. The van der Waals surface area contributed by atoms with E-state index >= 15 is 0 Å². The molecule has 71 valence electrons. The molecule has 0 fully saturated rings. The summed E-state index contributed by atoms with van der Waals surface area (Å²) in [5.74, 6) is 0. The van der Waals surface area contributed by atoms with Crippen molar-refractivity contribution in [1.29, 1.82) is 0 Å². The molecule has 12 heavy (non-hydrogen) atoms. The first-order chi connectivity index (χ1) is 5.74. The first-order valence-corrected chi connectivity index (χ1v) is 8.26. The van der Waals surface area contributed by atoms with Crippen LogP contribution in [0.2, 0.25) is 18.1 Å². The first-order valence-electron chi connectivity index (χ1n) is 5.09. The van der Waals surface area contributed by atoms with Crippen LogP contribution in [0.3, 0.4) is 0 Å². The van der Waals surface area contributed by atoms with Gasteiger partial charge in [-0.05, 0) is 0 Å². The Labute approximate surface area is 90.3 Å². The van der Waals surface area contributed by atoms with Crippen molar-refractivity contribution in [2.45, 2.75) is 58.2 Å². The summed E-state index contributed by atoms with van der Waals surface area (Å²) in [6, 6.07) is 4.06. The normalized spacial score (nSPS) is 11.8. The molecule has 0 atom stereocenters. The van der Waals surface area contributed by atoms with Crippen LogP contribution in [0.15, 0.2) is 0 Å². The van der Waals surface area contributed by atoms with Crippen molar-refractivity contribution >= 4 is 8.32 Å². The summed E-state index contributed by atoms with van der Waals surface area (Å²) in [6.07, 6.45) is 3.88. The summed E-state index contributed by atoms with van der Waals surface area (Å²) in [6.45, 7) is 6.81. The Bertz CT molecular complexity index is 91.7. The average molecular weight is 221 g/mol. The Morgan fingerprint density at radius 1 is 0.917 bits per heavy atom. The van der Waals surface area contributed by atoms with E-state index < -0.39 is 8.32 Å². The summed E-state index contributed by atoms with van der Waals surface area (Å²) in [7, 11) is -1.27. The van der Waals surface area contributed by atoms with E-state index in [1.165, 1.54) is 37.4 Å². The van der Waals surface area contributed by atoms with Gasteiger partial charge in [0.1, 0.15) is 0 Å². The zero-order valence-electron chi connectivity index (χ0n) is 8.65. The topological polar surface area (TPSA) is 9.23 Å². The minimum atomic E-state index is -1.27. The van der Waals surface area contributed by atoms with Crippen LogP contribution in [0.5, 0.6) is 0 Å². The van der Waals surface area contributed by atoms with Crippen molar-refractivity contribution in [2.24, 2.45) is 0 Å². The van der Waals surface area contributed by atoms with Gasteiger partial charge in [0.25, 0.3) is 0 Å². The average Bonchev–Trinajstić information content (AvgIpc) is 2.06. The number of rotatable bonds is 7. The van der Waals surface area contributed by atoms with Crippen LogP contribution in [-0.4, -0.2) is 8.32 Å². The van der Waals surface area contributed by atoms with Gasteiger partial charge in [-0.3, -0.25) is 0 Å². The van der Waals surface area contributed by atoms with Gasteiger partial charge < -0.3 is 0 Å². The SMILES string of the molecule is CCC[Si](CCC)(CCC)[O][Ti]. The van der Waals surface area contributed by atoms with Gasteiger partial charge in [-0.1, -0.05) is 0 Å². The predicted molar refractivity (Wildman–Crippen MR) is 52.1 cm³/mol. The Kier molecular flexibility index (Phi) is 7.85. The van der Waals surface area contributed by atoms with Crippen molar-refractivity contribution < 1.29 is 23.8 Å². The molecule has 3 heteroatoms. The third-order valence-corrected chi connectivity index (χ3v) is 9.03. The summed E-state index contributed by atoms with van der Waals surface area (Å²) >= 11 is 1.92. The second-order valence-corrected chi connectivity index (χ2v) is 8.56. The molecular formula is C9H21OSiTi. The standard InChI is InChI=1S/C9H21OSi.Ti/c1-4-7-11(10,8-5-2)9-6-3;/h4-9H2,1-3H3;/q-1;+1. The third kappa shape index (κ3) is 4.22. The maximum absolute atomic E-state index is 5.80. The Morgan fingerprint density at radius 2 is 1.25 bits per heavy atom. The molecular weight excluding hydrogens is 200 g/mol. The van der Waals surface area contributed by atoms with Gasteiger partial charge >= 0.3 is 90.3 Å². The fourth-order valence-electron chi connectivity index (χ4n) is 1.89. The van der Waals surface area contributed by atoms with E-state index in [-0.39, 0.29) is 0 Å². The summed E-state index contributed by atoms with van der Waals surface area (Å²) < 4.78 is 5.80. The van der Waals surface area contributed by atoms with E-state index in [1.807, 2.05) is 20.8 Å². The molecule has 0 bridgehead atoms. The van der Waals surface area contributed by atoms with Crippen LogP contribution in [0.4, 0.5) is 0 Å². The fourth-order valence-corrected chi connectivity index (χ4v) is 7.12. The Hall–Kier alpha value is 0.891. The molecule has 0 unspecified atom stereocenters. The molecule has 0 spiro atoms. The molecule has 0 amide bonds. The quantitative estimate of drug-likeness (QED) is 0.596. The van der Waals surface area contributed by atoms with Crippen molar-refractivity contribution in [1.82, 2.24) is 0 Å². The van der Waals surface area contributed by atoms with Crippen LogP contribution in [-0.2, 0) is 23.8 Å². The van der Waals surface area contributed by atoms with E-state index in [1.54, 1.807) is 0 Å². The molecule has 0 aromatic rings. The van der Waals surface area contributed by atoms with Gasteiger partial charge in [0.15, 0.2) is 0 Å². The zero-order chi connectivity index (χ0) is 9.45. The van der Waals surface area contributed by atoms with Crippen molar-refractivity contribution in [3.63, 3.8) is 0 Å². The van der Waals surface area contributed by atoms with Crippen molar-refractivity contribution in [3.05, 3.63) is 0 Å². The molecule has 1 nitrogen and oxygen atoms in total. The van der Waals surface area contributed by atoms with Gasteiger partial charge in [-0.15, -0.1) is 0 Å². The van der Waals surface area contributed by atoms with E-state index in [0.717, 1.165) is 0 Å². The predicted octanol–water partition coefficient (Wildman–Crippen LogP) is 3.64. The van der Waals surface area contributed by atoms with Crippen LogP contribution in [0.25, 0.3) is 0 Å². The summed E-state index contributed by atoms with van der Waals surface area (Å²) in [5.41, 5.74) is 0. The second kappa shape index (κ2) is 7.31. The van der Waals surface area contributed by atoms with E-state index in [2.05, 4.69) is 20.8 Å². The van der Waals surface area contributed by atoms with E-state index in [4.69, 9.17) is 3.01 Å². The molecule has 0 aliphatic heterocycles. The molecule has 0 aromatic carbocycles. The molecule has 0 saturated carbocycles. The molecule has 0 rings (SSSR count). The minimum absolute atomic E-state index is 1.27. The molecule has 0 N–H and O–H groups in total. The van der Waals surface area contributed by atoms with Gasteiger partial charge in [-0.2, -0.15) is 0 Å². The second-order valence-electron chi connectivity index (χ2n) is 3.54. The van der Waals surface area contributed by atoms with E-state index in [9.17, 15) is 0 Å². The molecule has 0 radical (unpaired) electrons. The van der Waals surface area contributed by atoms with Gasteiger partial charge in [-0.25, -0.2) is 0 Å². The molecule has 0 heterocycles. The fraction of sp³-hybridized carbons (Fsp3) is 1.00. The summed E-state index contributed by atoms with van der Waals surface area (Å²) in [5, 5.41) is 0. The van der Waals surface area contributed by atoms with Crippen LogP contribution in [0, 0.1) is 0 Å². The molecule has 0 aromatic heterocycles. The first kappa shape index (κ1) is 12.9. The van der Waals surface area contributed by atoms with Crippen molar-refractivity contribution in [2.75, 3.05) is 0 Å². The molecule has 0 aliphatic rings. The van der Waals surface area contributed by atoms with E-state index in [0.29, 0.717) is 0 Å². The van der Waals surface area contributed by atoms with Gasteiger partial charge in [0, 0.05) is 0 Å². The molecule has 0 saturated heterocycles. The Morgan fingerprint density at radius 3 is 1.42 bits per heavy atom. The third-order valence-electron chi connectivity index (χ3n) is 2.33.